The van der Waals surface area contributed by atoms with Crippen molar-refractivity contribution < 1.29 is 14.6 Å². The van der Waals surface area contributed by atoms with Crippen molar-refractivity contribution in [1.82, 2.24) is 0 Å². The second-order valence-corrected chi connectivity index (χ2v) is 3.82. The SMILES string of the molecule is CC1OC2(CCC=C2CO)OC1C. The summed E-state index contributed by atoms with van der Waals surface area (Å²) in [4.78, 5) is 0. The van der Waals surface area contributed by atoms with Crippen molar-refractivity contribution in [1.29, 1.82) is 0 Å². The van der Waals surface area contributed by atoms with Crippen LogP contribution in [0.1, 0.15) is 26.7 Å². The van der Waals surface area contributed by atoms with E-state index in [0.717, 1.165) is 18.4 Å². The Kier molecular flexibility index (Phi) is 2.18. The quantitative estimate of drug-likeness (QED) is 0.623. The van der Waals surface area contributed by atoms with Crippen LogP contribution in [0, 0.1) is 0 Å². The van der Waals surface area contributed by atoms with Crippen LogP contribution in [0.5, 0.6) is 0 Å². The predicted octanol–water partition coefficient (Wildman–Crippen LogP) is 1.22. The standard InChI is InChI=1S/C10H16O3/c1-7-8(2)13-10(12-7)5-3-4-9(10)6-11/h4,7-8,11H,3,5-6H2,1-2H3. The summed E-state index contributed by atoms with van der Waals surface area (Å²) < 4.78 is 11.6. The maximum absolute atomic E-state index is 9.14. The fraction of sp³-hybridized carbons (Fsp3) is 0.800. The van der Waals surface area contributed by atoms with E-state index in [2.05, 4.69) is 0 Å². The highest BCUT2D eigenvalue weighted by molar-refractivity contribution is 5.21. The number of aliphatic hydroxyl groups is 1. The molecule has 13 heavy (non-hydrogen) atoms. The van der Waals surface area contributed by atoms with Gasteiger partial charge in [-0.15, -0.1) is 0 Å². The molecule has 0 aromatic rings. The van der Waals surface area contributed by atoms with Gasteiger partial charge in [-0.1, -0.05) is 6.08 Å². The van der Waals surface area contributed by atoms with E-state index in [-0.39, 0.29) is 18.8 Å². The van der Waals surface area contributed by atoms with Crippen LogP contribution in [0.25, 0.3) is 0 Å². The molecule has 1 spiro atoms. The highest BCUT2D eigenvalue weighted by Gasteiger charge is 2.48. The van der Waals surface area contributed by atoms with Gasteiger partial charge in [0.2, 0.25) is 0 Å². The summed E-state index contributed by atoms with van der Waals surface area (Å²) in [6, 6.07) is 0. The number of allylic oxidation sites excluding steroid dienone is 1. The van der Waals surface area contributed by atoms with E-state index in [0.29, 0.717) is 0 Å². The molecule has 0 aromatic heterocycles. The van der Waals surface area contributed by atoms with Crippen molar-refractivity contribution in [2.24, 2.45) is 0 Å². The molecule has 0 saturated carbocycles. The zero-order chi connectivity index (χ0) is 9.47. The molecule has 0 radical (unpaired) electrons. The van der Waals surface area contributed by atoms with Gasteiger partial charge in [-0.05, 0) is 20.3 Å². The average Bonchev–Trinajstić information content (AvgIpc) is 2.59. The highest BCUT2D eigenvalue weighted by Crippen LogP contribution is 2.42. The molecule has 0 aromatic carbocycles. The zero-order valence-corrected chi connectivity index (χ0v) is 8.12. The topological polar surface area (TPSA) is 38.7 Å². The van der Waals surface area contributed by atoms with Crippen LogP contribution in [0.15, 0.2) is 11.6 Å². The normalized spacial score (nSPS) is 44.4. The molecule has 1 fully saturated rings. The summed E-state index contributed by atoms with van der Waals surface area (Å²) in [5, 5.41) is 9.14. The van der Waals surface area contributed by atoms with Crippen molar-refractivity contribution in [2.45, 2.75) is 44.7 Å². The van der Waals surface area contributed by atoms with E-state index in [9.17, 15) is 0 Å². The van der Waals surface area contributed by atoms with Crippen LogP contribution in [-0.4, -0.2) is 29.7 Å². The second kappa shape index (κ2) is 3.08. The third-order valence-corrected chi connectivity index (χ3v) is 2.94. The van der Waals surface area contributed by atoms with Gasteiger partial charge >= 0.3 is 0 Å². The summed E-state index contributed by atoms with van der Waals surface area (Å²) in [5.74, 6) is -0.590. The summed E-state index contributed by atoms with van der Waals surface area (Å²) in [6.07, 6.45) is 4.04. The Morgan fingerprint density at radius 1 is 1.46 bits per heavy atom. The molecule has 1 aliphatic carbocycles. The molecule has 1 saturated heterocycles. The van der Waals surface area contributed by atoms with Crippen molar-refractivity contribution in [3.05, 3.63) is 11.6 Å². The molecule has 1 N–H and O–H groups in total. The number of aliphatic hydroxyl groups excluding tert-OH is 1. The maximum Gasteiger partial charge on any atom is 0.194 e. The Morgan fingerprint density at radius 3 is 2.62 bits per heavy atom. The lowest BCUT2D eigenvalue weighted by molar-refractivity contribution is -0.145. The number of ether oxygens (including phenoxy) is 2. The van der Waals surface area contributed by atoms with E-state index in [1.54, 1.807) is 0 Å². The molecule has 1 aliphatic heterocycles. The van der Waals surface area contributed by atoms with Gasteiger partial charge in [0.15, 0.2) is 5.79 Å². The summed E-state index contributed by atoms with van der Waals surface area (Å²) in [5.41, 5.74) is 0.892. The summed E-state index contributed by atoms with van der Waals surface area (Å²) >= 11 is 0. The van der Waals surface area contributed by atoms with Crippen LogP contribution in [-0.2, 0) is 9.47 Å². The lowest BCUT2D eigenvalue weighted by atomic mass is 10.1. The van der Waals surface area contributed by atoms with Gasteiger partial charge in [0.1, 0.15) is 0 Å². The first-order chi connectivity index (χ1) is 6.18. The molecule has 3 heteroatoms. The van der Waals surface area contributed by atoms with Crippen molar-refractivity contribution >= 4 is 0 Å². The number of hydrogen-bond acceptors (Lipinski definition) is 3. The molecule has 2 aliphatic rings. The molecule has 0 bridgehead atoms. The van der Waals surface area contributed by atoms with E-state index in [1.165, 1.54) is 0 Å². The van der Waals surface area contributed by atoms with Crippen LogP contribution >= 0.6 is 0 Å². The fourth-order valence-electron chi connectivity index (χ4n) is 2.03. The van der Waals surface area contributed by atoms with Crippen LogP contribution in [0.2, 0.25) is 0 Å². The molecular weight excluding hydrogens is 168 g/mol. The minimum Gasteiger partial charge on any atom is -0.392 e. The Morgan fingerprint density at radius 2 is 2.08 bits per heavy atom. The van der Waals surface area contributed by atoms with Crippen molar-refractivity contribution in [2.75, 3.05) is 6.61 Å². The molecule has 74 valence electrons. The van der Waals surface area contributed by atoms with E-state index >= 15 is 0 Å². The zero-order valence-electron chi connectivity index (χ0n) is 8.12. The molecular formula is C10H16O3. The fourth-order valence-corrected chi connectivity index (χ4v) is 2.03. The largest absolute Gasteiger partial charge is 0.392 e. The minimum absolute atomic E-state index is 0.0411. The van der Waals surface area contributed by atoms with Crippen LogP contribution < -0.4 is 0 Å². The van der Waals surface area contributed by atoms with Gasteiger partial charge < -0.3 is 14.6 Å². The van der Waals surface area contributed by atoms with Gasteiger partial charge in [-0.25, -0.2) is 0 Å². The number of hydrogen-bond donors (Lipinski definition) is 1. The van der Waals surface area contributed by atoms with Gasteiger partial charge in [0.25, 0.3) is 0 Å². The van der Waals surface area contributed by atoms with Gasteiger partial charge in [0, 0.05) is 12.0 Å². The van der Waals surface area contributed by atoms with Crippen molar-refractivity contribution in [3.8, 4) is 0 Å². The maximum atomic E-state index is 9.14. The lowest BCUT2D eigenvalue weighted by Crippen LogP contribution is -2.31. The van der Waals surface area contributed by atoms with Crippen LogP contribution in [0.4, 0.5) is 0 Å². The lowest BCUT2D eigenvalue weighted by Gasteiger charge is -2.25. The Bertz CT molecular complexity index is 224. The van der Waals surface area contributed by atoms with E-state index in [4.69, 9.17) is 14.6 Å². The second-order valence-electron chi connectivity index (χ2n) is 3.82. The van der Waals surface area contributed by atoms with Crippen molar-refractivity contribution in [3.63, 3.8) is 0 Å². The third-order valence-electron chi connectivity index (χ3n) is 2.94. The monoisotopic (exact) mass is 184 g/mol. The first kappa shape index (κ1) is 9.19. The van der Waals surface area contributed by atoms with E-state index < -0.39 is 5.79 Å². The van der Waals surface area contributed by atoms with Gasteiger partial charge in [0.05, 0.1) is 18.8 Å². The smallest absolute Gasteiger partial charge is 0.194 e. The molecule has 2 atom stereocenters. The average molecular weight is 184 g/mol. The van der Waals surface area contributed by atoms with E-state index in [1.807, 2.05) is 19.9 Å². The Labute approximate surface area is 78.3 Å². The minimum atomic E-state index is -0.590. The predicted molar refractivity (Wildman–Crippen MR) is 48.2 cm³/mol. The molecule has 3 nitrogen and oxygen atoms in total. The molecule has 2 rings (SSSR count). The molecule has 0 amide bonds. The summed E-state index contributed by atoms with van der Waals surface area (Å²) in [7, 11) is 0. The third kappa shape index (κ3) is 1.31. The Hall–Kier alpha value is -0.380. The first-order valence-electron chi connectivity index (χ1n) is 4.84. The Balaban J connectivity index is 2.19. The molecule has 1 heterocycles. The molecule has 2 unspecified atom stereocenters. The van der Waals surface area contributed by atoms with Crippen LogP contribution in [0.3, 0.4) is 0 Å². The highest BCUT2D eigenvalue weighted by atomic mass is 16.8. The first-order valence-corrected chi connectivity index (χ1v) is 4.84. The summed E-state index contributed by atoms with van der Waals surface area (Å²) in [6.45, 7) is 4.05. The number of rotatable bonds is 1. The van der Waals surface area contributed by atoms with Gasteiger partial charge in [-0.3, -0.25) is 0 Å². The van der Waals surface area contributed by atoms with Gasteiger partial charge in [-0.2, -0.15) is 0 Å².